The Hall–Kier alpha value is -1.77. The second-order valence-electron chi connectivity index (χ2n) is 4.71. The number of nitrogens with zero attached hydrogens (tertiary/aromatic N) is 2. The maximum absolute atomic E-state index is 4.14. The molecule has 0 spiro atoms. The quantitative estimate of drug-likeness (QED) is 0.873. The first-order chi connectivity index (χ1) is 8.31. The molecule has 0 saturated heterocycles. The summed E-state index contributed by atoms with van der Waals surface area (Å²) in [7, 11) is 1.93. The molecule has 3 nitrogen and oxygen atoms in total. The van der Waals surface area contributed by atoms with E-state index in [9.17, 15) is 0 Å². The van der Waals surface area contributed by atoms with Gasteiger partial charge in [-0.3, -0.25) is 4.68 Å². The summed E-state index contributed by atoms with van der Waals surface area (Å²) in [4.78, 5) is 0. The fourth-order valence-electron chi connectivity index (χ4n) is 2.45. The van der Waals surface area contributed by atoms with Crippen LogP contribution in [0.3, 0.4) is 0 Å². The van der Waals surface area contributed by atoms with Crippen molar-refractivity contribution in [2.75, 3.05) is 5.32 Å². The zero-order chi connectivity index (χ0) is 11.7. The number of aryl methyl sites for hydroxylation is 3. The summed E-state index contributed by atoms with van der Waals surface area (Å²) in [5, 5.41) is 7.53. The highest BCUT2D eigenvalue weighted by Gasteiger charge is 2.10. The molecule has 1 N–H and O–H groups in total. The number of anilines is 1. The van der Waals surface area contributed by atoms with Crippen LogP contribution >= 0.6 is 0 Å². The molecule has 1 aliphatic rings. The first-order valence-corrected chi connectivity index (χ1v) is 6.14. The molecule has 0 atom stereocenters. The van der Waals surface area contributed by atoms with Crippen LogP contribution < -0.4 is 5.32 Å². The van der Waals surface area contributed by atoms with E-state index in [2.05, 4.69) is 28.6 Å². The normalized spacial score (nSPS) is 13.7. The van der Waals surface area contributed by atoms with Crippen LogP contribution in [-0.4, -0.2) is 9.78 Å². The second-order valence-corrected chi connectivity index (χ2v) is 4.71. The largest absolute Gasteiger partial charge is 0.378 e. The molecule has 17 heavy (non-hydrogen) atoms. The summed E-state index contributed by atoms with van der Waals surface area (Å²) in [6.45, 7) is 0.874. The van der Waals surface area contributed by atoms with Gasteiger partial charge < -0.3 is 5.32 Å². The summed E-state index contributed by atoms with van der Waals surface area (Å²) >= 11 is 0. The van der Waals surface area contributed by atoms with Gasteiger partial charge in [0.25, 0.3) is 0 Å². The van der Waals surface area contributed by atoms with Crippen LogP contribution in [0.25, 0.3) is 0 Å². The van der Waals surface area contributed by atoms with Crippen molar-refractivity contribution < 1.29 is 0 Å². The van der Waals surface area contributed by atoms with Crippen LogP contribution in [0.4, 0.5) is 5.69 Å². The summed E-state index contributed by atoms with van der Waals surface area (Å²) in [6, 6.07) is 6.85. The van der Waals surface area contributed by atoms with Gasteiger partial charge in [-0.15, -0.1) is 0 Å². The van der Waals surface area contributed by atoms with E-state index in [1.165, 1.54) is 36.0 Å². The lowest BCUT2D eigenvalue weighted by Gasteiger charge is -2.06. The molecule has 88 valence electrons. The van der Waals surface area contributed by atoms with Gasteiger partial charge >= 0.3 is 0 Å². The van der Waals surface area contributed by atoms with E-state index >= 15 is 0 Å². The molecule has 0 saturated carbocycles. The SMILES string of the molecule is Cn1cc(NCc2ccc3c(c2)CCC3)cn1. The molecule has 1 aliphatic carbocycles. The fourth-order valence-corrected chi connectivity index (χ4v) is 2.45. The second kappa shape index (κ2) is 4.24. The van der Waals surface area contributed by atoms with Gasteiger partial charge in [0.1, 0.15) is 0 Å². The molecule has 0 unspecified atom stereocenters. The summed E-state index contributed by atoms with van der Waals surface area (Å²) in [5.41, 5.74) is 5.51. The lowest BCUT2D eigenvalue weighted by atomic mass is 10.1. The number of fused-ring (bicyclic) bond motifs is 1. The third-order valence-electron chi connectivity index (χ3n) is 3.36. The van der Waals surface area contributed by atoms with Gasteiger partial charge in [0.05, 0.1) is 11.9 Å². The standard InChI is InChI=1S/C14H17N3/c1-17-10-14(9-16-17)15-8-11-5-6-12-3-2-4-13(12)7-11/h5-7,9-10,15H,2-4,8H2,1H3. The van der Waals surface area contributed by atoms with Crippen molar-refractivity contribution in [3.8, 4) is 0 Å². The number of aromatic nitrogens is 2. The van der Waals surface area contributed by atoms with Crippen LogP contribution in [0, 0.1) is 0 Å². The predicted octanol–water partition coefficient (Wildman–Crippen LogP) is 2.52. The molecule has 0 amide bonds. The van der Waals surface area contributed by atoms with Crippen LogP contribution in [0.2, 0.25) is 0 Å². The Morgan fingerprint density at radius 2 is 2.18 bits per heavy atom. The van der Waals surface area contributed by atoms with Gasteiger partial charge in [0.2, 0.25) is 0 Å². The highest BCUT2D eigenvalue weighted by atomic mass is 15.3. The lowest BCUT2D eigenvalue weighted by molar-refractivity contribution is 0.768. The minimum atomic E-state index is 0.874. The smallest absolute Gasteiger partial charge is 0.0729 e. The summed E-state index contributed by atoms with van der Waals surface area (Å²) in [5.74, 6) is 0. The van der Waals surface area contributed by atoms with E-state index in [4.69, 9.17) is 0 Å². The number of hydrogen-bond acceptors (Lipinski definition) is 2. The Labute approximate surface area is 101 Å². The van der Waals surface area contributed by atoms with Gasteiger partial charge in [-0.2, -0.15) is 5.10 Å². The lowest BCUT2D eigenvalue weighted by Crippen LogP contribution is -1.99. The molecule has 3 heteroatoms. The van der Waals surface area contributed by atoms with Gasteiger partial charge in [-0.1, -0.05) is 18.2 Å². The van der Waals surface area contributed by atoms with E-state index in [0.717, 1.165) is 12.2 Å². The van der Waals surface area contributed by atoms with Crippen molar-refractivity contribution in [3.63, 3.8) is 0 Å². The van der Waals surface area contributed by atoms with Crippen molar-refractivity contribution in [2.45, 2.75) is 25.8 Å². The third kappa shape index (κ3) is 2.18. The zero-order valence-corrected chi connectivity index (χ0v) is 10.1. The van der Waals surface area contributed by atoms with E-state index < -0.39 is 0 Å². The van der Waals surface area contributed by atoms with Gasteiger partial charge in [-0.25, -0.2) is 0 Å². The minimum Gasteiger partial charge on any atom is -0.378 e. The molecule has 3 rings (SSSR count). The fraction of sp³-hybridized carbons (Fsp3) is 0.357. The van der Waals surface area contributed by atoms with Crippen molar-refractivity contribution in [1.29, 1.82) is 0 Å². The highest BCUT2D eigenvalue weighted by Crippen LogP contribution is 2.23. The highest BCUT2D eigenvalue weighted by molar-refractivity contribution is 5.41. The van der Waals surface area contributed by atoms with Crippen LogP contribution in [0.15, 0.2) is 30.6 Å². The van der Waals surface area contributed by atoms with Crippen molar-refractivity contribution in [2.24, 2.45) is 7.05 Å². The minimum absolute atomic E-state index is 0.874. The van der Waals surface area contributed by atoms with Crippen LogP contribution in [-0.2, 0) is 26.4 Å². The molecule has 1 aromatic heterocycles. The van der Waals surface area contributed by atoms with Gasteiger partial charge in [0.15, 0.2) is 0 Å². The molecule has 1 heterocycles. The zero-order valence-electron chi connectivity index (χ0n) is 10.1. The summed E-state index contributed by atoms with van der Waals surface area (Å²) in [6.07, 6.45) is 7.66. The van der Waals surface area contributed by atoms with Gasteiger partial charge in [0, 0.05) is 19.8 Å². The maximum Gasteiger partial charge on any atom is 0.0729 e. The maximum atomic E-state index is 4.14. The average Bonchev–Trinajstić information content (AvgIpc) is 2.94. The van der Waals surface area contributed by atoms with E-state index in [1.54, 1.807) is 0 Å². The van der Waals surface area contributed by atoms with E-state index in [0.29, 0.717) is 0 Å². The number of benzene rings is 1. The molecule has 1 aromatic carbocycles. The van der Waals surface area contributed by atoms with Crippen molar-refractivity contribution in [3.05, 3.63) is 47.3 Å². The molecule has 2 aromatic rings. The Bertz CT molecular complexity index is 528. The average molecular weight is 227 g/mol. The predicted molar refractivity (Wildman–Crippen MR) is 69.0 cm³/mol. The number of rotatable bonds is 3. The topological polar surface area (TPSA) is 29.9 Å². The third-order valence-corrected chi connectivity index (χ3v) is 3.36. The number of nitrogens with one attached hydrogen (secondary N) is 1. The first kappa shape index (κ1) is 10.4. The molecule has 0 bridgehead atoms. The Morgan fingerprint density at radius 1 is 1.29 bits per heavy atom. The van der Waals surface area contributed by atoms with E-state index in [1.807, 2.05) is 24.1 Å². The summed E-state index contributed by atoms with van der Waals surface area (Å²) < 4.78 is 1.81. The molecule has 0 fully saturated rings. The first-order valence-electron chi connectivity index (χ1n) is 6.14. The number of hydrogen-bond donors (Lipinski definition) is 1. The van der Waals surface area contributed by atoms with Gasteiger partial charge in [-0.05, 0) is 36.0 Å². The molecular weight excluding hydrogens is 210 g/mol. The molecule has 0 radical (unpaired) electrons. The van der Waals surface area contributed by atoms with Crippen molar-refractivity contribution in [1.82, 2.24) is 9.78 Å². The Kier molecular flexibility index (Phi) is 2.59. The van der Waals surface area contributed by atoms with Crippen LogP contribution in [0.5, 0.6) is 0 Å². The Morgan fingerprint density at radius 3 is 3.00 bits per heavy atom. The Balaban J connectivity index is 1.69. The monoisotopic (exact) mass is 227 g/mol. The van der Waals surface area contributed by atoms with Crippen molar-refractivity contribution >= 4 is 5.69 Å². The van der Waals surface area contributed by atoms with E-state index in [-0.39, 0.29) is 0 Å². The van der Waals surface area contributed by atoms with Crippen LogP contribution in [0.1, 0.15) is 23.1 Å². The molecule has 0 aliphatic heterocycles. The molecular formula is C14H17N3.